The van der Waals surface area contributed by atoms with Crippen LogP contribution in [0.3, 0.4) is 0 Å². The SMILES string of the molecule is [2H]c1c([2H])c([2H])c(-c2cccc(-c3c([2H])c([2H])c([2H])c([2H])c3[2H])c2-n2[c](=[Pt])n(-c3[c-]c(Oc4[c-]c5c(cc4)c4ccc6c(c4n5-c4cc(C(C)(C)C)ccn4)C(C)(C)C(C)(C)C6(C)C)cc(C(C)(C)C)c3)c3cc(C(C)(C)C)ccc32)c([2H])c1[2H]. The van der Waals surface area contributed by atoms with E-state index >= 15 is 0 Å². The van der Waals surface area contributed by atoms with Crippen molar-refractivity contribution in [1.29, 1.82) is 0 Å². The van der Waals surface area contributed by atoms with Crippen molar-refractivity contribution in [1.82, 2.24) is 18.7 Å². The van der Waals surface area contributed by atoms with Gasteiger partial charge in [0.05, 0.1) is 0 Å². The average molecular weight is 1180 g/mol. The van der Waals surface area contributed by atoms with Gasteiger partial charge in [0.1, 0.15) is 0 Å². The number of aromatic nitrogens is 4. The van der Waals surface area contributed by atoms with Crippen molar-refractivity contribution in [2.75, 3.05) is 0 Å². The Morgan fingerprint density at radius 3 is 1.77 bits per heavy atom. The van der Waals surface area contributed by atoms with E-state index in [4.69, 9.17) is 17.9 Å². The number of hydrogen-bond acceptors (Lipinski definition) is 2. The average Bonchev–Trinajstić information content (AvgIpc) is 1.65. The van der Waals surface area contributed by atoms with Gasteiger partial charge < -0.3 is 0 Å². The summed E-state index contributed by atoms with van der Waals surface area (Å²) in [5, 5.41) is 2.11. The second-order valence-corrected chi connectivity index (χ2v) is 25.9. The molecule has 1 aliphatic carbocycles. The number of nitrogens with zero attached hydrogens (tertiary/aromatic N) is 4. The fourth-order valence-corrected chi connectivity index (χ4v) is 12.2. The van der Waals surface area contributed by atoms with Crippen molar-refractivity contribution in [2.45, 2.75) is 131 Å². The normalized spacial score (nSPS) is 17.1. The summed E-state index contributed by atoms with van der Waals surface area (Å²) in [7, 11) is 0. The van der Waals surface area contributed by atoms with Gasteiger partial charge in [-0.1, -0.05) is 68.4 Å². The predicted molar refractivity (Wildman–Crippen MR) is 309 cm³/mol. The molecule has 0 unspecified atom stereocenters. The summed E-state index contributed by atoms with van der Waals surface area (Å²) >= 11 is 2.23. The molecule has 0 fully saturated rings. The number of pyridine rings is 1. The molecule has 11 rings (SSSR count). The standard InChI is InChI=1S/C69H70N4O.Pt/c1-64(2,3)46-29-34-57-59(39-46)71(43-72(57)62-52(44-23-18-16-19-24-44)27-22-28-53(62)45-25-20-17-21-26-45)49-37-48(66(7,8)9)38-51(41-49)74-50-30-31-54-55-32-33-56-61(68(12,13)69(14,15)67(56,10)11)63(55)73(58(54)42-50)60-40-47(35-36-70-60)65(4,5)6;/h16-40H,1-15H3;/q-2;/i16D,17D,18D,19D,20D,21D,23D,24D,25D,26D;. The Morgan fingerprint density at radius 2 is 1.16 bits per heavy atom. The van der Waals surface area contributed by atoms with E-state index in [2.05, 4.69) is 182 Å². The van der Waals surface area contributed by atoms with Crippen LogP contribution < -0.4 is 4.74 Å². The van der Waals surface area contributed by atoms with Gasteiger partial charge in [-0.05, 0) is 38.9 Å². The number of hydrogen-bond donors (Lipinski definition) is 0. The number of rotatable bonds is 7. The van der Waals surface area contributed by atoms with Crippen LogP contribution in [0.1, 0.15) is 145 Å². The first-order valence-corrected chi connectivity index (χ1v) is 26.9. The summed E-state index contributed by atoms with van der Waals surface area (Å²) in [6.45, 7) is 33.6. The van der Waals surface area contributed by atoms with Crippen molar-refractivity contribution < 1.29 is 37.8 Å². The molecule has 6 heteroatoms. The van der Waals surface area contributed by atoms with Crippen LogP contribution in [0.25, 0.3) is 72.3 Å². The summed E-state index contributed by atoms with van der Waals surface area (Å²) in [5.74, 6) is 1.66. The molecule has 3 aromatic heterocycles. The van der Waals surface area contributed by atoms with E-state index in [9.17, 15) is 5.48 Å². The minimum atomic E-state index is -0.564. The van der Waals surface area contributed by atoms with Gasteiger partial charge in [-0.25, -0.2) is 0 Å². The maximum absolute atomic E-state index is 9.30. The molecule has 0 saturated heterocycles. The van der Waals surface area contributed by atoms with E-state index in [1.54, 1.807) is 18.2 Å². The molecule has 3 heterocycles. The third kappa shape index (κ3) is 8.14. The molecule has 0 atom stereocenters. The van der Waals surface area contributed by atoms with Gasteiger partial charge in [-0.15, -0.1) is 0 Å². The van der Waals surface area contributed by atoms with Gasteiger partial charge in [0.25, 0.3) is 0 Å². The molecular formula is C69H70N4OPt-2. The third-order valence-corrected chi connectivity index (χ3v) is 17.7. The molecule has 1 aliphatic rings. The summed E-state index contributed by atoms with van der Waals surface area (Å²) in [4.78, 5) is 5.11. The molecule has 0 saturated carbocycles. The summed E-state index contributed by atoms with van der Waals surface area (Å²) in [6, 6.07) is 30.4. The van der Waals surface area contributed by atoms with Crippen LogP contribution in [0, 0.1) is 21.4 Å². The Bertz CT molecular complexity index is 4440. The molecule has 384 valence electrons. The monoisotopic (exact) mass is 1180 g/mol. The van der Waals surface area contributed by atoms with Crippen LogP contribution >= 0.6 is 0 Å². The zero-order valence-corrected chi connectivity index (χ0v) is 47.9. The molecule has 0 bridgehead atoms. The van der Waals surface area contributed by atoms with E-state index < -0.39 is 65.8 Å². The van der Waals surface area contributed by atoms with Gasteiger partial charge >= 0.3 is 358 Å². The quantitative estimate of drug-likeness (QED) is 0.149. The molecule has 5 nitrogen and oxygen atoms in total. The Hall–Kier alpha value is -6.55. The molecule has 0 radical (unpaired) electrons. The zero-order valence-electron chi connectivity index (χ0n) is 55.7. The van der Waals surface area contributed by atoms with E-state index in [0.29, 0.717) is 32.0 Å². The van der Waals surface area contributed by atoms with E-state index in [1.807, 2.05) is 39.6 Å². The van der Waals surface area contributed by atoms with Crippen molar-refractivity contribution in [3.63, 3.8) is 0 Å². The zero-order chi connectivity index (χ0) is 62.1. The molecule has 0 N–H and O–H groups in total. The van der Waals surface area contributed by atoms with Crippen molar-refractivity contribution in [2.24, 2.45) is 5.41 Å². The van der Waals surface area contributed by atoms with Crippen LogP contribution in [0.15, 0.2) is 152 Å². The van der Waals surface area contributed by atoms with Crippen LogP contribution in [-0.4, -0.2) is 18.7 Å². The van der Waals surface area contributed by atoms with Crippen molar-refractivity contribution >= 4 is 32.8 Å². The molecule has 0 aliphatic heterocycles. The summed E-state index contributed by atoms with van der Waals surface area (Å²) in [5.41, 5.74) is 8.47. The molecule has 0 amide bonds. The summed E-state index contributed by atoms with van der Waals surface area (Å²) in [6.07, 6.45) is 1.90. The first-order valence-electron chi connectivity index (χ1n) is 30.7. The second-order valence-electron chi connectivity index (χ2n) is 24.9. The van der Waals surface area contributed by atoms with Crippen LogP contribution in [0.2, 0.25) is 0 Å². The van der Waals surface area contributed by atoms with Gasteiger partial charge in [0.15, 0.2) is 0 Å². The molecule has 10 aromatic rings. The topological polar surface area (TPSA) is 36.9 Å². The van der Waals surface area contributed by atoms with Crippen LogP contribution in [0.5, 0.6) is 11.5 Å². The number of benzene rings is 7. The van der Waals surface area contributed by atoms with Crippen molar-refractivity contribution in [3.05, 3.63) is 195 Å². The molecule has 7 aromatic carbocycles. The Morgan fingerprint density at radius 1 is 0.560 bits per heavy atom. The summed E-state index contributed by atoms with van der Waals surface area (Å²) < 4.78 is 103. The van der Waals surface area contributed by atoms with Crippen LogP contribution in [0.4, 0.5) is 0 Å². The molecule has 0 spiro atoms. The van der Waals surface area contributed by atoms with Crippen LogP contribution in [-0.2, 0) is 46.4 Å². The third-order valence-electron chi connectivity index (χ3n) is 16.7. The Labute approximate surface area is 469 Å². The first-order chi connectivity index (χ1) is 39.4. The van der Waals surface area contributed by atoms with Gasteiger partial charge in [-0.3, -0.25) is 0 Å². The van der Waals surface area contributed by atoms with E-state index in [0.717, 1.165) is 44.3 Å². The number of ether oxygens (including phenoxy) is 1. The van der Waals surface area contributed by atoms with Gasteiger partial charge in [0, 0.05) is 6.20 Å². The molecular weight excluding hydrogens is 1100 g/mol. The minimum absolute atomic E-state index is 0.112. The number of imidazole rings is 1. The Balaban J connectivity index is 1.20. The van der Waals surface area contributed by atoms with Gasteiger partial charge in [0.2, 0.25) is 0 Å². The number of fused-ring (bicyclic) bond motifs is 6. The fourth-order valence-electron chi connectivity index (χ4n) is 11.2. The maximum atomic E-state index is 9.30. The fraction of sp³-hybridized carbons (Fsp3) is 0.304. The molecule has 75 heavy (non-hydrogen) atoms. The van der Waals surface area contributed by atoms with E-state index in [-0.39, 0.29) is 55.0 Å². The van der Waals surface area contributed by atoms with Gasteiger partial charge in [-0.2, -0.15) is 0 Å². The van der Waals surface area contributed by atoms with Crippen molar-refractivity contribution in [3.8, 4) is 50.9 Å². The number of para-hydroxylation sites is 1. The predicted octanol–water partition coefficient (Wildman–Crippen LogP) is 18.2. The Kier molecular flexibility index (Phi) is 9.29. The van der Waals surface area contributed by atoms with E-state index in [1.165, 1.54) is 11.1 Å². The first kappa shape index (κ1) is 39.8. The second kappa shape index (κ2) is 17.5.